The van der Waals surface area contributed by atoms with E-state index < -0.39 is 17.7 Å². The summed E-state index contributed by atoms with van der Waals surface area (Å²) in [6, 6.07) is 4.79. The van der Waals surface area contributed by atoms with Crippen LogP contribution >= 0.6 is 0 Å². The minimum absolute atomic E-state index is 0.176. The second-order valence-corrected chi connectivity index (χ2v) is 5.79. The summed E-state index contributed by atoms with van der Waals surface area (Å²) in [5.74, 6) is -1.40. The van der Waals surface area contributed by atoms with Gasteiger partial charge < -0.3 is 10.0 Å². The maximum Gasteiger partial charge on any atom is 0.290 e. The normalized spacial score (nSPS) is 18.5. The predicted molar refractivity (Wildman–Crippen MR) is 83.1 cm³/mol. The molecule has 0 radical (unpaired) electrons. The Labute approximate surface area is 130 Å². The van der Waals surface area contributed by atoms with Gasteiger partial charge in [-0.25, -0.2) is 0 Å². The lowest BCUT2D eigenvalue weighted by Gasteiger charge is -2.26. The van der Waals surface area contributed by atoms with Gasteiger partial charge in [-0.15, -0.1) is 0 Å². The molecule has 1 aliphatic rings. The first-order valence-electron chi connectivity index (χ1n) is 7.68. The predicted octanol–water partition coefficient (Wildman–Crippen LogP) is 2.80. The molecule has 22 heavy (non-hydrogen) atoms. The number of hydrogen-bond acceptors (Lipinski definition) is 4. The molecule has 2 heterocycles. The fraction of sp³-hybridized carbons (Fsp3) is 0.471. The Morgan fingerprint density at radius 3 is 2.68 bits per heavy atom. The number of carbonyl (C=O) groups is 2. The van der Waals surface area contributed by atoms with Gasteiger partial charge in [0.05, 0.1) is 11.3 Å². The molecular formula is C17H22N2O3. The van der Waals surface area contributed by atoms with Crippen LogP contribution in [0, 0.1) is 5.92 Å². The van der Waals surface area contributed by atoms with Crippen molar-refractivity contribution in [2.75, 3.05) is 6.54 Å². The molecule has 5 nitrogen and oxygen atoms in total. The number of aliphatic hydroxyl groups is 1. The van der Waals surface area contributed by atoms with Crippen molar-refractivity contribution in [1.29, 1.82) is 0 Å². The fourth-order valence-electron chi connectivity index (χ4n) is 2.62. The summed E-state index contributed by atoms with van der Waals surface area (Å²) in [5, 5.41) is 10.2. The SMILES string of the molecule is CCCCN1C(=O)C(O)=C(C(=O)C(C)C)C1c1ccccn1. The first kappa shape index (κ1) is 16.2. The molecule has 1 unspecified atom stereocenters. The van der Waals surface area contributed by atoms with E-state index in [1.165, 1.54) is 0 Å². The molecule has 118 valence electrons. The number of rotatable bonds is 6. The number of aliphatic hydroxyl groups excluding tert-OH is 1. The van der Waals surface area contributed by atoms with Crippen LogP contribution in [0.5, 0.6) is 0 Å². The zero-order chi connectivity index (χ0) is 16.3. The van der Waals surface area contributed by atoms with Gasteiger partial charge in [0, 0.05) is 18.7 Å². The van der Waals surface area contributed by atoms with Crippen LogP contribution in [0.25, 0.3) is 0 Å². The molecule has 1 atom stereocenters. The zero-order valence-electron chi connectivity index (χ0n) is 13.2. The number of unbranched alkanes of at least 4 members (excludes halogenated alkanes) is 1. The Balaban J connectivity index is 2.48. The average molecular weight is 302 g/mol. The van der Waals surface area contributed by atoms with Crippen LogP contribution in [-0.2, 0) is 9.59 Å². The van der Waals surface area contributed by atoms with E-state index in [1.54, 1.807) is 37.1 Å². The number of ketones is 1. The Morgan fingerprint density at radius 1 is 1.41 bits per heavy atom. The van der Waals surface area contributed by atoms with Gasteiger partial charge in [0.1, 0.15) is 6.04 Å². The Kier molecular flexibility index (Phi) is 4.96. The summed E-state index contributed by atoms with van der Waals surface area (Å²) < 4.78 is 0. The standard InChI is InChI=1S/C17H22N2O3/c1-4-5-10-19-14(12-8-6-7-9-18-12)13(15(20)11(2)3)16(21)17(19)22/h6-9,11,14,21H,4-5,10H2,1-3H3. The van der Waals surface area contributed by atoms with Gasteiger partial charge in [-0.05, 0) is 18.6 Å². The van der Waals surface area contributed by atoms with E-state index in [2.05, 4.69) is 4.98 Å². The smallest absolute Gasteiger partial charge is 0.290 e. The molecule has 0 fully saturated rings. The fourth-order valence-corrected chi connectivity index (χ4v) is 2.62. The Bertz CT molecular complexity index is 593. The van der Waals surface area contributed by atoms with E-state index in [0.717, 1.165) is 12.8 Å². The number of aromatic nitrogens is 1. The van der Waals surface area contributed by atoms with Crippen molar-refractivity contribution in [2.45, 2.75) is 39.7 Å². The molecule has 1 aliphatic heterocycles. The van der Waals surface area contributed by atoms with Gasteiger partial charge in [-0.1, -0.05) is 33.3 Å². The molecule has 0 saturated heterocycles. The highest BCUT2D eigenvalue weighted by molar-refractivity contribution is 6.09. The highest BCUT2D eigenvalue weighted by Gasteiger charge is 2.44. The third-order valence-corrected chi connectivity index (χ3v) is 3.81. The molecule has 1 amide bonds. The van der Waals surface area contributed by atoms with Gasteiger partial charge in [-0.2, -0.15) is 0 Å². The van der Waals surface area contributed by atoms with Gasteiger partial charge in [0.15, 0.2) is 11.5 Å². The maximum absolute atomic E-state index is 12.5. The molecule has 1 aromatic rings. The van der Waals surface area contributed by atoms with Gasteiger partial charge >= 0.3 is 0 Å². The summed E-state index contributed by atoms with van der Waals surface area (Å²) in [6.07, 6.45) is 3.36. The van der Waals surface area contributed by atoms with Crippen molar-refractivity contribution in [1.82, 2.24) is 9.88 Å². The van der Waals surface area contributed by atoms with Crippen molar-refractivity contribution >= 4 is 11.7 Å². The van der Waals surface area contributed by atoms with Crippen molar-refractivity contribution in [2.24, 2.45) is 5.92 Å². The highest BCUT2D eigenvalue weighted by Crippen LogP contribution is 2.37. The van der Waals surface area contributed by atoms with E-state index in [9.17, 15) is 14.7 Å². The molecule has 0 aromatic carbocycles. The average Bonchev–Trinajstić information content (AvgIpc) is 2.77. The van der Waals surface area contributed by atoms with Crippen molar-refractivity contribution in [3.8, 4) is 0 Å². The Morgan fingerprint density at radius 2 is 2.14 bits per heavy atom. The molecule has 0 spiro atoms. The van der Waals surface area contributed by atoms with Crippen molar-refractivity contribution < 1.29 is 14.7 Å². The highest BCUT2D eigenvalue weighted by atomic mass is 16.3. The number of nitrogens with zero attached hydrogens (tertiary/aromatic N) is 2. The van der Waals surface area contributed by atoms with Gasteiger partial charge in [-0.3, -0.25) is 14.6 Å². The third-order valence-electron chi connectivity index (χ3n) is 3.81. The summed E-state index contributed by atoms with van der Waals surface area (Å²) >= 11 is 0. The quantitative estimate of drug-likeness (QED) is 0.877. The van der Waals surface area contributed by atoms with E-state index >= 15 is 0 Å². The first-order valence-corrected chi connectivity index (χ1v) is 7.68. The van der Waals surface area contributed by atoms with Crippen molar-refractivity contribution in [3.05, 3.63) is 41.4 Å². The molecule has 2 rings (SSSR count). The lowest BCUT2D eigenvalue weighted by Crippen LogP contribution is -2.32. The second kappa shape index (κ2) is 6.73. The molecule has 0 aliphatic carbocycles. The summed E-state index contributed by atoms with van der Waals surface area (Å²) in [6.45, 7) is 6.05. The van der Waals surface area contributed by atoms with Crippen LogP contribution in [0.4, 0.5) is 0 Å². The molecule has 5 heteroatoms. The van der Waals surface area contributed by atoms with Crippen LogP contribution in [0.3, 0.4) is 0 Å². The van der Waals surface area contributed by atoms with Crippen LogP contribution in [0.1, 0.15) is 45.3 Å². The van der Waals surface area contributed by atoms with Crippen molar-refractivity contribution in [3.63, 3.8) is 0 Å². The summed E-state index contributed by atoms with van der Waals surface area (Å²) in [4.78, 5) is 30.7. The van der Waals surface area contributed by atoms with E-state index in [1.807, 2.05) is 13.0 Å². The lowest BCUT2D eigenvalue weighted by molar-refractivity contribution is -0.129. The number of Topliss-reactive ketones (excluding diaryl/α,β-unsaturated/α-hetero) is 1. The molecule has 1 aromatic heterocycles. The van der Waals surface area contributed by atoms with Crippen LogP contribution < -0.4 is 0 Å². The first-order chi connectivity index (χ1) is 10.5. The van der Waals surface area contributed by atoms with E-state index in [-0.39, 0.29) is 17.3 Å². The minimum Gasteiger partial charge on any atom is -0.503 e. The largest absolute Gasteiger partial charge is 0.503 e. The molecule has 0 bridgehead atoms. The van der Waals surface area contributed by atoms with E-state index in [4.69, 9.17) is 0 Å². The third kappa shape index (κ3) is 2.89. The second-order valence-electron chi connectivity index (χ2n) is 5.79. The summed E-state index contributed by atoms with van der Waals surface area (Å²) in [7, 11) is 0. The van der Waals surface area contributed by atoms with Crippen LogP contribution in [0.15, 0.2) is 35.7 Å². The number of pyridine rings is 1. The van der Waals surface area contributed by atoms with Gasteiger partial charge in [0.25, 0.3) is 5.91 Å². The zero-order valence-corrected chi connectivity index (χ0v) is 13.2. The summed E-state index contributed by atoms with van der Waals surface area (Å²) in [5.41, 5.74) is 0.787. The number of amides is 1. The number of hydrogen-bond donors (Lipinski definition) is 1. The number of carbonyl (C=O) groups excluding carboxylic acids is 2. The maximum atomic E-state index is 12.5. The lowest BCUT2D eigenvalue weighted by atomic mass is 9.93. The molecular weight excluding hydrogens is 280 g/mol. The van der Waals surface area contributed by atoms with Crippen LogP contribution in [-0.4, -0.2) is 33.2 Å². The monoisotopic (exact) mass is 302 g/mol. The van der Waals surface area contributed by atoms with Crippen LogP contribution in [0.2, 0.25) is 0 Å². The molecule has 1 N–H and O–H groups in total. The minimum atomic E-state index is -0.588. The van der Waals surface area contributed by atoms with E-state index in [0.29, 0.717) is 12.2 Å². The Hall–Kier alpha value is -2.17. The molecule has 0 saturated carbocycles. The topological polar surface area (TPSA) is 70.5 Å². The van der Waals surface area contributed by atoms with Gasteiger partial charge in [0.2, 0.25) is 0 Å².